The lowest BCUT2D eigenvalue weighted by Crippen LogP contribution is -2.65. The van der Waals surface area contributed by atoms with Crippen LogP contribution in [0.5, 0.6) is 0 Å². The number of aromatic nitrogens is 2. The van der Waals surface area contributed by atoms with Crippen LogP contribution in [0, 0.1) is 0 Å². The predicted octanol–water partition coefficient (Wildman–Crippen LogP) is 0.816. The van der Waals surface area contributed by atoms with Gasteiger partial charge < -0.3 is 5.32 Å². The molecule has 0 bridgehead atoms. The highest BCUT2D eigenvalue weighted by Gasteiger charge is 2.30. The van der Waals surface area contributed by atoms with E-state index in [1.165, 1.54) is 19.3 Å². The molecular weight excluding hydrogens is 286 g/mol. The first-order valence-corrected chi connectivity index (χ1v) is 8.49. The summed E-state index contributed by atoms with van der Waals surface area (Å²) in [7, 11) is 0. The molecule has 6 nitrogen and oxygen atoms in total. The second-order valence-electron chi connectivity index (χ2n) is 5.48. The van der Waals surface area contributed by atoms with Crippen molar-refractivity contribution < 1.29 is 4.79 Å². The molecule has 1 aromatic heterocycles. The lowest BCUT2D eigenvalue weighted by molar-refractivity contribution is -0.126. The maximum atomic E-state index is 11.9. The van der Waals surface area contributed by atoms with E-state index in [9.17, 15) is 4.79 Å². The Morgan fingerprint density at radius 1 is 1.24 bits per heavy atom. The molecule has 3 heterocycles. The van der Waals surface area contributed by atoms with E-state index in [1.54, 1.807) is 24.2 Å². The van der Waals surface area contributed by atoms with Crippen LogP contribution in [0.2, 0.25) is 0 Å². The third-order valence-electron chi connectivity index (χ3n) is 3.83. The molecule has 0 aromatic carbocycles. The van der Waals surface area contributed by atoms with Gasteiger partial charge in [0.25, 0.3) is 0 Å². The Hall–Kier alpha value is -1.18. The molecule has 0 saturated carbocycles. The van der Waals surface area contributed by atoms with Gasteiger partial charge in [-0.3, -0.25) is 15.0 Å². The first-order valence-electron chi connectivity index (χ1n) is 7.50. The molecule has 0 aliphatic carbocycles. The van der Waals surface area contributed by atoms with Crippen molar-refractivity contribution in [3.05, 3.63) is 18.5 Å². The van der Waals surface area contributed by atoms with Gasteiger partial charge in [-0.05, 0) is 18.9 Å². The molecule has 3 rings (SSSR count). The minimum atomic E-state index is -0.0196. The van der Waals surface area contributed by atoms with E-state index < -0.39 is 0 Å². The number of thioether (sulfide) groups is 1. The monoisotopic (exact) mass is 307 g/mol. The van der Waals surface area contributed by atoms with Gasteiger partial charge >= 0.3 is 0 Å². The van der Waals surface area contributed by atoms with Crippen LogP contribution >= 0.6 is 11.8 Å². The van der Waals surface area contributed by atoms with Gasteiger partial charge in [0.15, 0.2) is 5.16 Å². The molecular formula is C14H21N5OS. The van der Waals surface area contributed by atoms with Gasteiger partial charge in [0.05, 0.1) is 0 Å². The molecule has 21 heavy (non-hydrogen) atoms. The second-order valence-corrected chi connectivity index (χ2v) is 6.46. The molecule has 2 atom stereocenters. The number of nitrogens with one attached hydrogen (secondary N) is 2. The molecule has 2 aliphatic rings. The summed E-state index contributed by atoms with van der Waals surface area (Å²) in [6.07, 6.45) is 7.70. The fraction of sp³-hybridized carbons (Fsp3) is 0.643. The number of amides is 1. The van der Waals surface area contributed by atoms with Crippen LogP contribution in [-0.4, -0.2) is 51.9 Å². The standard InChI is InChI=1S/C14H21N5OS/c20-12-9-11(10-21-14-15-5-4-6-16-14)17-13(18-12)19-7-2-1-3-8-19/h4-6,11,13,17H,1-3,7-10H2,(H,18,20). The van der Waals surface area contributed by atoms with Gasteiger partial charge in [-0.2, -0.15) is 0 Å². The predicted molar refractivity (Wildman–Crippen MR) is 81.7 cm³/mol. The van der Waals surface area contributed by atoms with Crippen LogP contribution in [0.25, 0.3) is 0 Å². The molecule has 0 radical (unpaired) electrons. The Bertz CT molecular complexity index is 466. The number of likely N-dealkylation sites (tertiary alicyclic amines) is 1. The first kappa shape index (κ1) is 14.7. The molecule has 2 aliphatic heterocycles. The summed E-state index contributed by atoms with van der Waals surface area (Å²) in [5.41, 5.74) is 0. The van der Waals surface area contributed by atoms with Crippen molar-refractivity contribution >= 4 is 17.7 Å². The number of carbonyl (C=O) groups is 1. The van der Waals surface area contributed by atoms with Crippen LogP contribution in [0.15, 0.2) is 23.6 Å². The summed E-state index contributed by atoms with van der Waals surface area (Å²) in [6.45, 7) is 2.11. The van der Waals surface area contributed by atoms with E-state index in [0.717, 1.165) is 24.0 Å². The van der Waals surface area contributed by atoms with Crippen molar-refractivity contribution in [2.75, 3.05) is 18.8 Å². The van der Waals surface area contributed by atoms with Crippen LogP contribution in [0.1, 0.15) is 25.7 Å². The molecule has 2 unspecified atom stereocenters. The van der Waals surface area contributed by atoms with Gasteiger partial charge in [0.2, 0.25) is 5.91 Å². The van der Waals surface area contributed by atoms with E-state index in [0.29, 0.717) is 6.42 Å². The second kappa shape index (κ2) is 7.20. The normalized spacial score (nSPS) is 27.3. The molecule has 2 fully saturated rings. The van der Waals surface area contributed by atoms with Crippen LogP contribution in [0.4, 0.5) is 0 Å². The molecule has 1 amide bonds. The third-order valence-corrected chi connectivity index (χ3v) is 4.87. The lowest BCUT2D eigenvalue weighted by atomic mass is 10.1. The van der Waals surface area contributed by atoms with E-state index in [2.05, 4.69) is 25.5 Å². The Balaban J connectivity index is 1.54. The average Bonchev–Trinajstić information content (AvgIpc) is 2.54. The quantitative estimate of drug-likeness (QED) is 0.634. The van der Waals surface area contributed by atoms with Gasteiger partial charge in [0.1, 0.15) is 6.29 Å². The molecule has 2 saturated heterocycles. The maximum Gasteiger partial charge on any atom is 0.223 e. The molecule has 7 heteroatoms. The number of rotatable bonds is 4. The maximum absolute atomic E-state index is 11.9. The van der Waals surface area contributed by atoms with Gasteiger partial charge in [-0.25, -0.2) is 9.97 Å². The summed E-state index contributed by atoms with van der Waals surface area (Å²) in [4.78, 5) is 22.7. The Labute approximate surface area is 129 Å². The number of hydrogen-bond donors (Lipinski definition) is 2. The zero-order chi connectivity index (χ0) is 14.5. The van der Waals surface area contributed by atoms with Crippen molar-refractivity contribution in [3.8, 4) is 0 Å². The van der Waals surface area contributed by atoms with Crippen LogP contribution < -0.4 is 10.6 Å². The average molecular weight is 307 g/mol. The van der Waals surface area contributed by atoms with Gasteiger partial charge in [0, 0.05) is 43.7 Å². The summed E-state index contributed by atoms with van der Waals surface area (Å²) >= 11 is 1.59. The summed E-state index contributed by atoms with van der Waals surface area (Å²) in [6, 6.07) is 1.97. The number of hydrogen-bond acceptors (Lipinski definition) is 6. The number of carbonyl (C=O) groups excluding carboxylic acids is 1. The lowest BCUT2D eigenvalue weighted by Gasteiger charge is -2.40. The van der Waals surface area contributed by atoms with Crippen molar-refractivity contribution in [2.24, 2.45) is 0 Å². The van der Waals surface area contributed by atoms with Crippen molar-refractivity contribution in [2.45, 2.75) is 43.2 Å². The smallest absolute Gasteiger partial charge is 0.223 e. The number of nitrogens with zero attached hydrogens (tertiary/aromatic N) is 3. The zero-order valence-corrected chi connectivity index (χ0v) is 12.8. The highest BCUT2D eigenvalue weighted by molar-refractivity contribution is 7.99. The highest BCUT2D eigenvalue weighted by Crippen LogP contribution is 2.17. The molecule has 1 aromatic rings. The minimum absolute atomic E-state index is 0.0196. The van der Waals surface area contributed by atoms with E-state index in [4.69, 9.17) is 0 Å². The van der Waals surface area contributed by atoms with E-state index >= 15 is 0 Å². The van der Waals surface area contributed by atoms with Crippen molar-refractivity contribution in [1.82, 2.24) is 25.5 Å². The third kappa shape index (κ3) is 4.15. The van der Waals surface area contributed by atoms with Gasteiger partial charge in [-0.15, -0.1) is 0 Å². The SMILES string of the molecule is O=C1CC(CSc2ncccn2)NC(N2CCCCC2)N1. The summed E-state index contributed by atoms with van der Waals surface area (Å²) in [5, 5.41) is 7.35. The highest BCUT2D eigenvalue weighted by atomic mass is 32.2. The Morgan fingerprint density at radius 3 is 2.76 bits per heavy atom. The zero-order valence-electron chi connectivity index (χ0n) is 12.0. The van der Waals surface area contributed by atoms with E-state index in [-0.39, 0.29) is 18.2 Å². The van der Waals surface area contributed by atoms with Crippen LogP contribution in [-0.2, 0) is 4.79 Å². The van der Waals surface area contributed by atoms with Crippen molar-refractivity contribution in [3.63, 3.8) is 0 Å². The largest absolute Gasteiger partial charge is 0.328 e. The van der Waals surface area contributed by atoms with Gasteiger partial charge in [-0.1, -0.05) is 18.2 Å². The summed E-state index contributed by atoms with van der Waals surface area (Å²) in [5.74, 6) is 0.936. The van der Waals surface area contributed by atoms with Crippen molar-refractivity contribution in [1.29, 1.82) is 0 Å². The minimum Gasteiger partial charge on any atom is -0.328 e. The number of piperidine rings is 1. The first-order chi connectivity index (χ1) is 10.3. The van der Waals surface area contributed by atoms with E-state index in [1.807, 2.05) is 6.07 Å². The Kier molecular flexibility index (Phi) is 5.05. The molecule has 0 spiro atoms. The molecule has 114 valence electrons. The topological polar surface area (TPSA) is 70.2 Å². The fourth-order valence-corrected chi connectivity index (χ4v) is 3.61. The Morgan fingerprint density at radius 2 is 2.00 bits per heavy atom. The molecule has 2 N–H and O–H groups in total. The fourth-order valence-electron chi connectivity index (χ4n) is 2.77. The van der Waals surface area contributed by atoms with Crippen LogP contribution in [0.3, 0.4) is 0 Å². The summed E-state index contributed by atoms with van der Waals surface area (Å²) < 4.78 is 0.